The van der Waals surface area contributed by atoms with Crippen molar-refractivity contribution in [1.82, 2.24) is 0 Å². The van der Waals surface area contributed by atoms with Gasteiger partial charge in [0, 0.05) is 22.6 Å². The van der Waals surface area contributed by atoms with Gasteiger partial charge in [0.25, 0.3) is 11.6 Å². The molecular weight excluding hydrogens is 356 g/mol. The Kier molecular flexibility index (Phi) is 6.10. The Labute approximate surface area is 155 Å². The molecule has 0 unspecified atom stereocenters. The van der Waals surface area contributed by atoms with E-state index in [0.29, 0.717) is 17.0 Å². The number of non-ortho nitro benzene ring substituents is 1. The van der Waals surface area contributed by atoms with Crippen LogP contribution in [0.5, 0.6) is 0 Å². The van der Waals surface area contributed by atoms with Crippen molar-refractivity contribution in [2.75, 3.05) is 5.32 Å². The fourth-order valence-electron chi connectivity index (χ4n) is 2.49. The van der Waals surface area contributed by atoms with Crippen LogP contribution in [0.15, 0.2) is 24.3 Å². The summed E-state index contributed by atoms with van der Waals surface area (Å²) in [7, 11) is 0. The number of hydrogen-bond acceptors (Lipinski definition) is 6. The van der Waals surface area contributed by atoms with Gasteiger partial charge in [0.15, 0.2) is 0 Å². The topological polar surface area (TPSA) is 98.5 Å². The Balaban J connectivity index is 2.32. The number of rotatable bonds is 6. The molecule has 0 spiro atoms. The summed E-state index contributed by atoms with van der Waals surface area (Å²) in [5.74, 6) is -0.914. The number of nitro groups is 1. The van der Waals surface area contributed by atoms with E-state index < -0.39 is 16.8 Å². The van der Waals surface area contributed by atoms with Gasteiger partial charge in [-0.2, -0.15) is 0 Å². The third kappa shape index (κ3) is 4.26. The van der Waals surface area contributed by atoms with Gasteiger partial charge in [0.2, 0.25) is 0 Å². The number of hydrogen-bond donors (Lipinski definition) is 1. The SMILES string of the molecule is CCc1c(C)sc(NC(=O)c2ccc([N+](=O)[O-])cc2)c1C(=O)OC(C)C. The minimum Gasteiger partial charge on any atom is -0.459 e. The second-order valence-corrected chi connectivity index (χ2v) is 7.13. The third-order valence-electron chi connectivity index (χ3n) is 3.68. The normalized spacial score (nSPS) is 10.7. The van der Waals surface area contributed by atoms with Crippen LogP contribution in [0.4, 0.5) is 10.7 Å². The molecule has 0 fully saturated rings. The molecule has 1 N–H and O–H groups in total. The molecule has 138 valence electrons. The van der Waals surface area contributed by atoms with Crippen LogP contribution in [0.1, 0.15) is 51.9 Å². The molecule has 0 saturated heterocycles. The summed E-state index contributed by atoms with van der Waals surface area (Å²) >= 11 is 1.31. The van der Waals surface area contributed by atoms with Crippen LogP contribution in [-0.4, -0.2) is 22.9 Å². The Morgan fingerprint density at radius 2 is 1.88 bits per heavy atom. The fourth-order valence-corrected chi connectivity index (χ4v) is 3.62. The first-order valence-electron chi connectivity index (χ1n) is 8.13. The van der Waals surface area contributed by atoms with E-state index in [1.807, 2.05) is 13.8 Å². The zero-order chi connectivity index (χ0) is 19.4. The van der Waals surface area contributed by atoms with E-state index in [2.05, 4.69) is 5.32 Å². The maximum atomic E-state index is 12.5. The molecule has 2 aromatic rings. The number of carbonyl (C=O) groups excluding carboxylic acids is 2. The van der Waals surface area contributed by atoms with Crippen LogP contribution in [0, 0.1) is 17.0 Å². The monoisotopic (exact) mass is 376 g/mol. The molecular formula is C18H20N2O5S. The van der Waals surface area contributed by atoms with E-state index in [1.54, 1.807) is 13.8 Å². The number of benzene rings is 1. The van der Waals surface area contributed by atoms with E-state index in [0.717, 1.165) is 10.4 Å². The molecule has 26 heavy (non-hydrogen) atoms. The lowest BCUT2D eigenvalue weighted by atomic mass is 10.1. The second-order valence-electron chi connectivity index (χ2n) is 5.91. The molecule has 8 heteroatoms. The van der Waals surface area contributed by atoms with Gasteiger partial charge in [0.1, 0.15) is 5.00 Å². The average molecular weight is 376 g/mol. The van der Waals surface area contributed by atoms with Crippen molar-refractivity contribution in [1.29, 1.82) is 0 Å². The van der Waals surface area contributed by atoms with E-state index >= 15 is 0 Å². The average Bonchev–Trinajstić information content (AvgIpc) is 2.89. The lowest BCUT2D eigenvalue weighted by Crippen LogP contribution is -2.17. The molecule has 0 atom stereocenters. The molecule has 1 heterocycles. The summed E-state index contributed by atoms with van der Waals surface area (Å²) in [5, 5.41) is 13.9. The Hall–Kier alpha value is -2.74. The Morgan fingerprint density at radius 1 is 1.27 bits per heavy atom. The molecule has 0 radical (unpaired) electrons. The van der Waals surface area contributed by atoms with Gasteiger partial charge in [-0.05, 0) is 44.9 Å². The summed E-state index contributed by atoms with van der Waals surface area (Å²) in [6.45, 7) is 7.34. The van der Waals surface area contributed by atoms with Crippen LogP contribution < -0.4 is 5.32 Å². The quantitative estimate of drug-likeness (QED) is 0.459. The van der Waals surface area contributed by atoms with E-state index in [4.69, 9.17) is 4.74 Å². The van der Waals surface area contributed by atoms with Crippen molar-refractivity contribution in [2.45, 2.75) is 40.2 Å². The highest BCUT2D eigenvalue weighted by atomic mass is 32.1. The van der Waals surface area contributed by atoms with Gasteiger partial charge in [-0.25, -0.2) is 4.79 Å². The highest BCUT2D eigenvalue weighted by Crippen LogP contribution is 2.34. The largest absolute Gasteiger partial charge is 0.459 e. The number of aryl methyl sites for hydroxylation is 1. The number of anilines is 1. The number of nitrogens with one attached hydrogen (secondary N) is 1. The smallest absolute Gasteiger partial charge is 0.341 e. The summed E-state index contributed by atoms with van der Waals surface area (Å²) in [4.78, 5) is 36.1. The van der Waals surface area contributed by atoms with E-state index in [9.17, 15) is 19.7 Å². The number of amides is 1. The van der Waals surface area contributed by atoms with Crippen LogP contribution in [-0.2, 0) is 11.2 Å². The third-order valence-corrected chi connectivity index (χ3v) is 4.74. The standard InChI is InChI=1S/C18H20N2O5S/c1-5-14-11(4)26-17(15(14)18(22)25-10(2)3)19-16(21)12-6-8-13(9-7-12)20(23)24/h6-10H,5H2,1-4H3,(H,19,21). The summed E-state index contributed by atoms with van der Waals surface area (Å²) in [6, 6.07) is 5.28. The van der Waals surface area contributed by atoms with Gasteiger partial charge in [-0.1, -0.05) is 6.92 Å². The van der Waals surface area contributed by atoms with Crippen LogP contribution in [0.25, 0.3) is 0 Å². The molecule has 0 bridgehead atoms. The fraction of sp³-hybridized carbons (Fsp3) is 0.333. The summed E-state index contributed by atoms with van der Waals surface area (Å²) in [5.41, 5.74) is 1.39. The van der Waals surface area contributed by atoms with Crippen molar-refractivity contribution < 1.29 is 19.2 Å². The number of nitro benzene ring substituents is 1. The number of esters is 1. The van der Waals surface area contributed by atoms with Crippen molar-refractivity contribution in [2.24, 2.45) is 0 Å². The number of nitrogens with zero attached hydrogens (tertiary/aromatic N) is 1. The first kappa shape index (κ1) is 19.6. The highest BCUT2D eigenvalue weighted by molar-refractivity contribution is 7.16. The molecule has 1 aromatic carbocycles. The van der Waals surface area contributed by atoms with Gasteiger partial charge in [0.05, 0.1) is 16.6 Å². The van der Waals surface area contributed by atoms with E-state index in [1.165, 1.54) is 35.6 Å². The van der Waals surface area contributed by atoms with Crippen molar-refractivity contribution >= 4 is 33.9 Å². The van der Waals surface area contributed by atoms with Crippen LogP contribution >= 0.6 is 11.3 Å². The van der Waals surface area contributed by atoms with Gasteiger partial charge in [-0.15, -0.1) is 11.3 Å². The molecule has 1 aromatic heterocycles. The van der Waals surface area contributed by atoms with Crippen LogP contribution in [0.3, 0.4) is 0 Å². The summed E-state index contributed by atoms with van der Waals surface area (Å²) < 4.78 is 5.30. The van der Waals surface area contributed by atoms with Gasteiger partial charge in [-0.3, -0.25) is 14.9 Å². The molecule has 1 amide bonds. The van der Waals surface area contributed by atoms with E-state index in [-0.39, 0.29) is 17.4 Å². The number of thiophene rings is 1. The van der Waals surface area contributed by atoms with Crippen LogP contribution in [0.2, 0.25) is 0 Å². The van der Waals surface area contributed by atoms with Crippen molar-refractivity contribution in [3.63, 3.8) is 0 Å². The highest BCUT2D eigenvalue weighted by Gasteiger charge is 2.24. The molecule has 0 aliphatic heterocycles. The Morgan fingerprint density at radius 3 is 2.38 bits per heavy atom. The van der Waals surface area contributed by atoms with Crippen molar-refractivity contribution in [3.8, 4) is 0 Å². The molecule has 0 aliphatic carbocycles. The first-order valence-corrected chi connectivity index (χ1v) is 8.95. The minimum absolute atomic E-state index is 0.0945. The maximum Gasteiger partial charge on any atom is 0.341 e. The summed E-state index contributed by atoms with van der Waals surface area (Å²) in [6.07, 6.45) is 0.365. The molecule has 7 nitrogen and oxygen atoms in total. The predicted octanol–water partition coefficient (Wildman–Crippen LogP) is 4.34. The molecule has 2 rings (SSSR count). The van der Waals surface area contributed by atoms with Gasteiger partial charge < -0.3 is 10.1 Å². The first-order chi connectivity index (χ1) is 12.2. The lowest BCUT2D eigenvalue weighted by Gasteiger charge is -2.11. The molecule has 0 aliphatic rings. The van der Waals surface area contributed by atoms with Crippen molar-refractivity contribution in [3.05, 3.63) is 55.9 Å². The minimum atomic E-state index is -0.530. The number of carbonyl (C=O) groups is 2. The molecule has 0 saturated carbocycles. The zero-order valence-corrected chi connectivity index (χ0v) is 15.8. The lowest BCUT2D eigenvalue weighted by molar-refractivity contribution is -0.384. The predicted molar refractivity (Wildman–Crippen MR) is 100 cm³/mol. The second kappa shape index (κ2) is 8.09. The number of ether oxygens (including phenoxy) is 1. The maximum absolute atomic E-state index is 12.5. The Bertz CT molecular complexity index is 840. The zero-order valence-electron chi connectivity index (χ0n) is 15.0. The van der Waals surface area contributed by atoms with Gasteiger partial charge >= 0.3 is 5.97 Å².